The first-order valence-corrected chi connectivity index (χ1v) is 8.00. The molecule has 2 aromatic rings. The summed E-state index contributed by atoms with van der Waals surface area (Å²) >= 11 is 0. The Labute approximate surface area is 129 Å². The summed E-state index contributed by atoms with van der Waals surface area (Å²) < 4.78 is 16.5. The smallest absolute Gasteiger partial charge is 0.379 e. The monoisotopic (exact) mass is 300 g/mol. The lowest BCUT2D eigenvalue weighted by molar-refractivity contribution is 0.119. The molecule has 22 heavy (non-hydrogen) atoms. The molecule has 1 aromatic heterocycles. The highest BCUT2D eigenvalue weighted by Gasteiger charge is 2.35. The second kappa shape index (κ2) is 5.34. The lowest BCUT2D eigenvalue weighted by atomic mass is 9.87. The molecule has 2 aliphatic rings. The normalized spacial score (nSPS) is 27.0. The second-order valence-corrected chi connectivity index (χ2v) is 6.56. The first-order chi connectivity index (χ1) is 10.7. The van der Waals surface area contributed by atoms with Crippen molar-refractivity contribution in [3.05, 3.63) is 34.7 Å². The van der Waals surface area contributed by atoms with Crippen molar-refractivity contribution < 1.29 is 13.9 Å². The Kier molecular flexibility index (Phi) is 3.32. The van der Waals surface area contributed by atoms with Gasteiger partial charge in [0.1, 0.15) is 11.3 Å². The Morgan fingerprint density at radius 3 is 2.59 bits per heavy atom. The van der Waals surface area contributed by atoms with E-state index in [0.717, 1.165) is 35.8 Å². The lowest BCUT2D eigenvalue weighted by Gasteiger charge is -2.28. The van der Waals surface area contributed by atoms with E-state index in [1.165, 1.54) is 26.4 Å². The van der Waals surface area contributed by atoms with Gasteiger partial charge in [0, 0.05) is 11.5 Å². The third-order valence-corrected chi connectivity index (χ3v) is 5.04. The topological polar surface area (TPSA) is 48.7 Å². The van der Waals surface area contributed by atoms with Crippen molar-refractivity contribution in [2.45, 2.75) is 38.2 Å². The molecule has 4 rings (SSSR count). The number of benzene rings is 1. The maximum Gasteiger partial charge on any atom is 0.379 e. The Bertz CT molecular complexity index is 736. The molecule has 4 heteroatoms. The van der Waals surface area contributed by atoms with Crippen LogP contribution in [0.3, 0.4) is 0 Å². The van der Waals surface area contributed by atoms with Crippen LogP contribution in [0.4, 0.5) is 0 Å². The summed E-state index contributed by atoms with van der Waals surface area (Å²) in [6.07, 6.45) is 6.70. The highest BCUT2D eigenvalue weighted by atomic mass is 16.5. The van der Waals surface area contributed by atoms with Gasteiger partial charge in [-0.25, -0.2) is 4.79 Å². The average Bonchev–Trinajstić information content (AvgIpc) is 2.85. The Hall–Kier alpha value is -1.97. The van der Waals surface area contributed by atoms with E-state index in [4.69, 9.17) is 13.9 Å². The molecule has 0 saturated heterocycles. The molecule has 0 N–H and O–H groups in total. The number of fused-ring (bicyclic) bond motifs is 3. The highest BCUT2D eigenvalue weighted by Crippen LogP contribution is 2.43. The van der Waals surface area contributed by atoms with Crippen molar-refractivity contribution >= 4 is 11.0 Å². The quantitative estimate of drug-likeness (QED) is 0.810. The summed E-state index contributed by atoms with van der Waals surface area (Å²) in [5, 5.41) is 0.840. The molecule has 3 atom stereocenters. The van der Waals surface area contributed by atoms with Crippen LogP contribution in [-0.2, 0) is 0 Å². The third-order valence-electron chi connectivity index (χ3n) is 5.04. The largest absolute Gasteiger partial charge is 0.490 e. The van der Waals surface area contributed by atoms with Crippen LogP contribution in [0.25, 0.3) is 11.0 Å². The van der Waals surface area contributed by atoms with Crippen LogP contribution >= 0.6 is 0 Å². The zero-order valence-corrected chi connectivity index (χ0v) is 12.7. The maximum atomic E-state index is 11.7. The van der Waals surface area contributed by atoms with Gasteiger partial charge < -0.3 is 13.9 Å². The summed E-state index contributed by atoms with van der Waals surface area (Å²) in [6, 6.07) is 7.37. The van der Waals surface area contributed by atoms with Gasteiger partial charge >= 0.3 is 5.63 Å². The van der Waals surface area contributed by atoms with Gasteiger partial charge in [0.15, 0.2) is 0 Å². The molecule has 1 unspecified atom stereocenters. The van der Waals surface area contributed by atoms with E-state index < -0.39 is 5.63 Å². The molecule has 0 spiro atoms. The van der Waals surface area contributed by atoms with Crippen LogP contribution in [0.5, 0.6) is 11.5 Å². The van der Waals surface area contributed by atoms with Gasteiger partial charge in [-0.3, -0.25) is 0 Å². The second-order valence-electron chi connectivity index (χ2n) is 6.56. The van der Waals surface area contributed by atoms with Gasteiger partial charge in [0.05, 0.1) is 13.2 Å². The van der Waals surface area contributed by atoms with E-state index in [1.54, 1.807) is 6.07 Å². The van der Waals surface area contributed by atoms with Gasteiger partial charge in [-0.2, -0.15) is 0 Å². The van der Waals surface area contributed by atoms with Crippen molar-refractivity contribution in [2.24, 2.45) is 11.8 Å². The van der Waals surface area contributed by atoms with Crippen LogP contribution < -0.4 is 15.1 Å². The molecular weight excluding hydrogens is 280 g/mol. The molecule has 0 aliphatic heterocycles. The predicted octanol–water partition coefficient (Wildman–Crippen LogP) is 3.76. The van der Waals surface area contributed by atoms with Crippen LogP contribution in [-0.4, -0.2) is 13.2 Å². The standard InChI is InChI=1S/C18H20O4/c1-20-17-9-13-4-5-14(10-16(13)22-18(17)19)21-15-7-11-2-3-12(6-11)8-15/h4-5,9-12,15H,2-3,6-8H2,1H3/t11-,12+,15?. The van der Waals surface area contributed by atoms with Gasteiger partial charge in [0.2, 0.25) is 5.75 Å². The zero-order valence-electron chi connectivity index (χ0n) is 12.7. The van der Waals surface area contributed by atoms with E-state index in [-0.39, 0.29) is 5.75 Å². The van der Waals surface area contributed by atoms with E-state index >= 15 is 0 Å². The van der Waals surface area contributed by atoms with Crippen molar-refractivity contribution in [1.82, 2.24) is 0 Å². The van der Waals surface area contributed by atoms with Crippen molar-refractivity contribution in [3.8, 4) is 11.5 Å². The Morgan fingerprint density at radius 2 is 1.86 bits per heavy atom. The summed E-state index contributed by atoms with van der Waals surface area (Å²) in [5.41, 5.74) is 0.0879. The molecule has 1 aromatic carbocycles. The summed E-state index contributed by atoms with van der Waals surface area (Å²) in [5.74, 6) is 2.69. The van der Waals surface area contributed by atoms with E-state index in [0.29, 0.717) is 11.7 Å². The van der Waals surface area contributed by atoms with Crippen LogP contribution in [0.15, 0.2) is 33.5 Å². The number of rotatable bonds is 3. The first-order valence-electron chi connectivity index (χ1n) is 8.00. The number of hydrogen-bond donors (Lipinski definition) is 0. The number of ether oxygens (including phenoxy) is 2. The van der Waals surface area contributed by atoms with Crippen LogP contribution in [0, 0.1) is 11.8 Å². The number of hydrogen-bond acceptors (Lipinski definition) is 4. The molecule has 2 aliphatic carbocycles. The van der Waals surface area contributed by atoms with Gasteiger partial charge in [-0.15, -0.1) is 0 Å². The lowest BCUT2D eigenvalue weighted by Crippen LogP contribution is -2.26. The Morgan fingerprint density at radius 1 is 1.09 bits per heavy atom. The molecule has 2 bridgehead atoms. The maximum absolute atomic E-state index is 11.7. The third kappa shape index (κ3) is 2.47. The Balaban J connectivity index is 1.58. The summed E-state index contributed by atoms with van der Waals surface area (Å²) in [7, 11) is 1.47. The van der Waals surface area contributed by atoms with Gasteiger partial charge in [0.25, 0.3) is 0 Å². The van der Waals surface area contributed by atoms with Crippen LogP contribution in [0.2, 0.25) is 0 Å². The van der Waals surface area contributed by atoms with Crippen molar-refractivity contribution in [2.75, 3.05) is 7.11 Å². The molecular formula is C18H20O4. The molecule has 1 heterocycles. The molecule has 116 valence electrons. The predicted molar refractivity (Wildman–Crippen MR) is 83.5 cm³/mol. The molecule has 2 fully saturated rings. The van der Waals surface area contributed by atoms with Crippen molar-refractivity contribution in [3.63, 3.8) is 0 Å². The molecule has 4 nitrogen and oxygen atoms in total. The minimum absolute atomic E-state index is 0.227. The highest BCUT2D eigenvalue weighted by molar-refractivity contribution is 5.79. The number of methoxy groups -OCH3 is 1. The van der Waals surface area contributed by atoms with Gasteiger partial charge in [-0.05, 0) is 49.3 Å². The fourth-order valence-corrected chi connectivity index (χ4v) is 4.02. The van der Waals surface area contributed by atoms with Gasteiger partial charge in [-0.1, -0.05) is 12.8 Å². The first kappa shape index (κ1) is 13.7. The fraction of sp³-hybridized carbons (Fsp3) is 0.500. The van der Waals surface area contributed by atoms with E-state index in [2.05, 4.69) is 0 Å². The molecule has 0 radical (unpaired) electrons. The summed E-state index contributed by atoms with van der Waals surface area (Å²) in [6.45, 7) is 0. The average molecular weight is 300 g/mol. The fourth-order valence-electron chi connectivity index (χ4n) is 4.02. The summed E-state index contributed by atoms with van der Waals surface area (Å²) in [4.78, 5) is 11.7. The SMILES string of the molecule is COc1cc2ccc(OC3C[C@H]4CC[C@@H](C3)C4)cc2oc1=O. The minimum atomic E-state index is -0.456. The van der Waals surface area contributed by atoms with E-state index in [9.17, 15) is 4.79 Å². The van der Waals surface area contributed by atoms with E-state index in [1.807, 2.05) is 18.2 Å². The zero-order chi connectivity index (χ0) is 15.1. The minimum Gasteiger partial charge on any atom is -0.490 e. The van der Waals surface area contributed by atoms with Crippen molar-refractivity contribution in [1.29, 1.82) is 0 Å². The van der Waals surface area contributed by atoms with Crippen LogP contribution in [0.1, 0.15) is 32.1 Å². The molecule has 0 amide bonds. The molecule has 2 saturated carbocycles.